The minimum absolute atomic E-state index is 0.0353. The topological polar surface area (TPSA) is 66.8 Å². The molecule has 0 aromatic heterocycles. The Kier molecular flexibility index (Phi) is 4.96. The zero-order valence-corrected chi connectivity index (χ0v) is 13.2. The number of likely N-dealkylation sites (tertiary alicyclic amines) is 1. The number of hydrogen-bond donors (Lipinski definition) is 1. The van der Waals surface area contributed by atoms with E-state index in [9.17, 15) is 9.59 Å². The van der Waals surface area contributed by atoms with Crippen LogP contribution < -0.4 is 0 Å². The molecule has 2 atom stereocenters. The van der Waals surface area contributed by atoms with Crippen LogP contribution in [-0.2, 0) is 20.7 Å². The number of carbonyl (C=O) groups excluding carboxylic acids is 1. The van der Waals surface area contributed by atoms with Gasteiger partial charge < -0.3 is 14.7 Å². The molecular formula is C18H23NO4. The summed E-state index contributed by atoms with van der Waals surface area (Å²) in [6, 6.07) is 10.4. The van der Waals surface area contributed by atoms with Crippen LogP contribution in [0.1, 0.15) is 31.2 Å². The van der Waals surface area contributed by atoms with Crippen LogP contribution in [0.5, 0.6) is 0 Å². The Morgan fingerprint density at radius 1 is 1.04 bits per heavy atom. The number of piperidine rings is 1. The Morgan fingerprint density at radius 3 is 2.30 bits per heavy atom. The predicted molar refractivity (Wildman–Crippen MR) is 85.0 cm³/mol. The van der Waals surface area contributed by atoms with E-state index in [2.05, 4.69) is 24.3 Å². The largest absolute Gasteiger partial charge is 0.479 e. The molecule has 0 unspecified atom stereocenters. The summed E-state index contributed by atoms with van der Waals surface area (Å²) in [5.41, 5.74) is 1.35. The quantitative estimate of drug-likeness (QED) is 0.923. The van der Waals surface area contributed by atoms with Gasteiger partial charge in [-0.25, -0.2) is 4.79 Å². The van der Waals surface area contributed by atoms with Gasteiger partial charge in [0.1, 0.15) is 6.10 Å². The molecule has 0 radical (unpaired) electrons. The van der Waals surface area contributed by atoms with Crippen molar-refractivity contribution in [3.8, 4) is 0 Å². The van der Waals surface area contributed by atoms with Crippen LogP contribution in [0.2, 0.25) is 0 Å². The van der Waals surface area contributed by atoms with E-state index in [0.717, 1.165) is 32.4 Å². The summed E-state index contributed by atoms with van der Waals surface area (Å²) in [6.45, 7) is 1.49. The maximum Gasteiger partial charge on any atom is 0.332 e. The number of hydrogen-bond acceptors (Lipinski definition) is 3. The van der Waals surface area contributed by atoms with Crippen LogP contribution in [0.4, 0.5) is 0 Å². The molecule has 0 spiro atoms. The van der Waals surface area contributed by atoms with Gasteiger partial charge >= 0.3 is 5.97 Å². The smallest absolute Gasteiger partial charge is 0.332 e. The van der Waals surface area contributed by atoms with Crippen molar-refractivity contribution in [2.45, 2.75) is 44.3 Å². The Morgan fingerprint density at radius 2 is 1.70 bits per heavy atom. The summed E-state index contributed by atoms with van der Waals surface area (Å²) >= 11 is 0. The third-order valence-corrected chi connectivity index (χ3v) is 4.86. The first-order valence-electron chi connectivity index (χ1n) is 8.34. The van der Waals surface area contributed by atoms with Gasteiger partial charge in [-0.15, -0.1) is 0 Å². The number of rotatable bonds is 4. The van der Waals surface area contributed by atoms with Crippen molar-refractivity contribution in [1.29, 1.82) is 0 Å². The summed E-state index contributed by atoms with van der Waals surface area (Å²) in [4.78, 5) is 25.2. The van der Waals surface area contributed by atoms with Gasteiger partial charge in [0.15, 0.2) is 6.10 Å². The van der Waals surface area contributed by atoms with E-state index < -0.39 is 18.2 Å². The Hall–Kier alpha value is -1.88. The number of carboxylic acid groups (broad SMARTS) is 1. The molecular weight excluding hydrogens is 294 g/mol. The van der Waals surface area contributed by atoms with Crippen molar-refractivity contribution in [1.82, 2.24) is 4.90 Å². The van der Waals surface area contributed by atoms with Gasteiger partial charge in [-0.2, -0.15) is 0 Å². The summed E-state index contributed by atoms with van der Waals surface area (Å²) in [7, 11) is 0. The number of benzene rings is 1. The Balaban J connectivity index is 1.47. The van der Waals surface area contributed by atoms with Crippen molar-refractivity contribution in [2.24, 2.45) is 5.92 Å². The molecule has 2 aliphatic rings. The van der Waals surface area contributed by atoms with E-state index in [4.69, 9.17) is 9.84 Å². The van der Waals surface area contributed by atoms with Crippen molar-refractivity contribution in [3.63, 3.8) is 0 Å². The molecule has 2 heterocycles. The SMILES string of the molecule is O=C(O)[C@H]1CC[C@@H](C(=O)N2CCC(Cc3ccccc3)CC2)O1. The fourth-order valence-electron chi connectivity index (χ4n) is 3.51. The lowest BCUT2D eigenvalue weighted by atomic mass is 9.90. The fourth-order valence-corrected chi connectivity index (χ4v) is 3.51. The molecule has 5 nitrogen and oxygen atoms in total. The van der Waals surface area contributed by atoms with E-state index in [1.165, 1.54) is 5.56 Å². The molecule has 0 bridgehead atoms. The number of aliphatic carboxylic acids is 1. The van der Waals surface area contributed by atoms with Gasteiger partial charge in [0.05, 0.1) is 0 Å². The fraction of sp³-hybridized carbons (Fsp3) is 0.556. The standard InChI is InChI=1S/C18H23NO4/c20-17(15-6-7-16(23-15)18(21)22)19-10-8-14(9-11-19)12-13-4-2-1-3-5-13/h1-5,14-16H,6-12H2,(H,21,22)/t15-,16+/m0/s1. The second-order valence-corrected chi connectivity index (χ2v) is 6.49. The lowest BCUT2D eigenvalue weighted by molar-refractivity contribution is -0.155. The zero-order valence-electron chi connectivity index (χ0n) is 13.2. The molecule has 1 amide bonds. The van der Waals surface area contributed by atoms with Crippen LogP contribution in [-0.4, -0.2) is 47.2 Å². The van der Waals surface area contributed by atoms with Gasteiger partial charge in [0.2, 0.25) is 0 Å². The molecule has 0 saturated carbocycles. The lowest BCUT2D eigenvalue weighted by Crippen LogP contribution is -2.44. The molecule has 2 fully saturated rings. The number of carboxylic acids is 1. The highest BCUT2D eigenvalue weighted by atomic mass is 16.5. The van der Waals surface area contributed by atoms with Gasteiger partial charge in [0, 0.05) is 13.1 Å². The van der Waals surface area contributed by atoms with Crippen LogP contribution in [0, 0.1) is 5.92 Å². The van der Waals surface area contributed by atoms with Crippen molar-refractivity contribution in [3.05, 3.63) is 35.9 Å². The third kappa shape index (κ3) is 3.91. The minimum Gasteiger partial charge on any atom is -0.479 e. The van der Waals surface area contributed by atoms with E-state index in [0.29, 0.717) is 18.8 Å². The van der Waals surface area contributed by atoms with E-state index in [-0.39, 0.29) is 5.91 Å². The minimum atomic E-state index is -0.970. The molecule has 3 rings (SSSR count). The Labute approximate surface area is 136 Å². The number of ether oxygens (including phenoxy) is 1. The van der Waals surface area contributed by atoms with Crippen LogP contribution in [0.3, 0.4) is 0 Å². The van der Waals surface area contributed by atoms with Crippen LogP contribution >= 0.6 is 0 Å². The molecule has 5 heteroatoms. The van der Waals surface area contributed by atoms with E-state index >= 15 is 0 Å². The summed E-state index contributed by atoms with van der Waals surface area (Å²) in [6.07, 6.45) is 2.60. The van der Waals surface area contributed by atoms with Gasteiger partial charge in [-0.1, -0.05) is 30.3 Å². The first-order valence-corrected chi connectivity index (χ1v) is 8.34. The number of carbonyl (C=O) groups is 2. The molecule has 23 heavy (non-hydrogen) atoms. The number of nitrogens with zero attached hydrogens (tertiary/aromatic N) is 1. The normalized spacial score (nSPS) is 25.5. The summed E-state index contributed by atoms with van der Waals surface area (Å²) in [5, 5.41) is 8.95. The highest BCUT2D eigenvalue weighted by Crippen LogP contribution is 2.26. The maximum absolute atomic E-state index is 12.4. The predicted octanol–water partition coefficient (Wildman–Crippen LogP) is 2.10. The summed E-state index contributed by atoms with van der Waals surface area (Å²) < 4.78 is 5.37. The van der Waals surface area contributed by atoms with Crippen LogP contribution in [0.15, 0.2) is 30.3 Å². The van der Waals surface area contributed by atoms with Gasteiger partial charge in [0.25, 0.3) is 5.91 Å². The summed E-state index contributed by atoms with van der Waals surface area (Å²) in [5.74, 6) is -0.397. The highest BCUT2D eigenvalue weighted by molar-refractivity contribution is 5.82. The number of amides is 1. The molecule has 124 valence electrons. The zero-order chi connectivity index (χ0) is 16.2. The molecule has 1 aromatic carbocycles. The highest BCUT2D eigenvalue weighted by Gasteiger charge is 2.37. The maximum atomic E-state index is 12.4. The average molecular weight is 317 g/mol. The van der Waals surface area contributed by atoms with Crippen molar-refractivity contribution in [2.75, 3.05) is 13.1 Å². The van der Waals surface area contributed by atoms with E-state index in [1.54, 1.807) is 0 Å². The molecule has 1 N–H and O–H groups in total. The molecule has 2 saturated heterocycles. The second kappa shape index (κ2) is 7.13. The lowest BCUT2D eigenvalue weighted by Gasteiger charge is -2.33. The molecule has 2 aliphatic heterocycles. The first kappa shape index (κ1) is 16.0. The Bertz CT molecular complexity index is 551. The van der Waals surface area contributed by atoms with Crippen molar-refractivity contribution < 1.29 is 19.4 Å². The van der Waals surface area contributed by atoms with Gasteiger partial charge in [-0.05, 0) is 43.6 Å². The monoisotopic (exact) mass is 317 g/mol. The van der Waals surface area contributed by atoms with Gasteiger partial charge in [-0.3, -0.25) is 4.79 Å². The van der Waals surface area contributed by atoms with E-state index in [1.807, 2.05) is 11.0 Å². The molecule has 0 aliphatic carbocycles. The van der Waals surface area contributed by atoms with Crippen molar-refractivity contribution >= 4 is 11.9 Å². The average Bonchev–Trinajstić information content (AvgIpc) is 3.06. The van der Waals surface area contributed by atoms with Crippen LogP contribution in [0.25, 0.3) is 0 Å². The second-order valence-electron chi connectivity index (χ2n) is 6.49. The molecule has 1 aromatic rings. The third-order valence-electron chi connectivity index (χ3n) is 4.86. The first-order chi connectivity index (χ1) is 11.1.